The van der Waals surface area contributed by atoms with E-state index in [1.807, 2.05) is 40.7 Å². The van der Waals surface area contributed by atoms with Gasteiger partial charge in [0.15, 0.2) is 0 Å². The second-order valence-electron chi connectivity index (χ2n) is 6.08. The third-order valence-electron chi connectivity index (χ3n) is 2.36. The molecule has 0 spiro atoms. The first-order valence-corrected chi connectivity index (χ1v) is 6.73. The third-order valence-corrected chi connectivity index (χ3v) is 2.36. The van der Waals surface area contributed by atoms with E-state index in [-0.39, 0.29) is 11.5 Å². The van der Waals surface area contributed by atoms with E-state index < -0.39 is 6.09 Å². The molecule has 0 saturated carbocycles. The summed E-state index contributed by atoms with van der Waals surface area (Å²) in [6.07, 6.45) is 1.29. The first-order chi connectivity index (χ1) is 9.26. The van der Waals surface area contributed by atoms with Crippen LogP contribution in [-0.4, -0.2) is 35.3 Å². The third kappa shape index (κ3) is 6.92. The minimum atomic E-state index is -0.403. The van der Waals surface area contributed by atoms with E-state index in [9.17, 15) is 4.79 Å². The number of amides is 1. The standard InChI is InChI=1S/C14H24N4O2/c1-10-6-7-15-12(17-10)16-8-11(2)18-13(19)20-9-14(3,4)5/h6-7,11H,8-9H2,1-5H3,(H,18,19)(H,15,16,17)/t11-/m1/s1. The van der Waals surface area contributed by atoms with Crippen molar-refractivity contribution in [2.75, 3.05) is 18.5 Å². The number of rotatable bonds is 5. The second kappa shape index (κ2) is 7.07. The van der Waals surface area contributed by atoms with Crippen LogP contribution in [0.5, 0.6) is 0 Å². The number of nitrogens with zero attached hydrogens (tertiary/aromatic N) is 2. The zero-order valence-corrected chi connectivity index (χ0v) is 12.9. The lowest BCUT2D eigenvalue weighted by Crippen LogP contribution is -2.39. The molecule has 1 amide bonds. The topological polar surface area (TPSA) is 76.1 Å². The molecule has 20 heavy (non-hydrogen) atoms. The van der Waals surface area contributed by atoms with Crippen LogP contribution in [0.3, 0.4) is 0 Å². The number of alkyl carbamates (subject to hydrolysis) is 1. The molecule has 0 bridgehead atoms. The SMILES string of the molecule is Cc1ccnc(NC[C@@H](C)NC(=O)OCC(C)(C)C)n1. The summed E-state index contributed by atoms with van der Waals surface area (Å²) in [5, 5.41) is 5.83. The molecule has 2 N–H and O–H groups in total. The molecule has 6 nitrogen and oxygen atoms in total. The van der Waals surface area contributed by atoms with Crippen molar-refractivity contribution in [2.24, 2.45) is 5.41 Å². The summed E-state index contributed by atoms with van der Waals surface area (Å²) in [6.45, 7) is 10.8. The summed E-state index contributed by atoms with van der Waals surface area (Å²) in [7, 11) is 0. The van der Waals surface area contributed by atoms with Crippen LogP contribution in [0.2, 0.25) is 0 Å². The molecule has 1 rings (SSSR count). The van der Waals surface area contributed by atoms with E-state index >= 15 is 0 Å². The largest absolute Gasteiger partial charge is 0.449 e. The van der Waals surface area contributed by atoms with Gasteiger partial charge in [-0.3, -0.25) is 0 Å². The van der Waals surface area contributed by atoms with E-state index in [0.717, 1.165) is 5.69 Å². The first kappa shape index (κ1) is 16.2. The number of aryl methyl sites for hydroxylation is 1. The molecular weight excluding hydrogens is 256 g/mol. The Labute approximate surface area is 120 Å². The van der Waals surface area contributed by atoms with Crippen molar-refractivity contribution in [1.82, 2.24) is 15.3 Å². The van der Waals surface area contributed by atoms with Crippen LogP contribution in [0.1, 0.15) is 33.4 Å². The molecule has 1 aromatic heterocycles. The lowest BCUT2D eigenvalue weighted by Gasteiger charge is -2.20. The average molecular weight is 280 g/mol. The monoisotopic (exact) mass is 280 g/mol. The Bertz CT molecular complexity index is 443. The van der Waals surface area contributed by atoms with Crippen LogP contribution < -0.4 is 10.6 Å². The van der Waals surface area contributed by atoms with Gasteiger partial charge in [-0.2, -0.15) is 0 Å². The maximum Gasteiger partial charge on any atom is 0.407 e. The summed E-state index contributed by atoms with van der Waals surface area (Å²) >= 11 is 0. The summed E-state index contributed by atoms with van der Waals surface area (Å²) in [6, 6.07) is 1.75. The predicted octanol–water partition coefficient (Wildman–Crippen LogP) is 2.36. The molecule has 112 valence electrons. The lowest BCUT2D eigenvalue weighted by atomic mass is 9.99. The van der Waals surface area contributed by atoms with Gasteiger partial charge in [-0.05, 0) is 25.3 Å². The van der Waals surface area contributed by atoms with Crippen molar-refractivity contribution in [2.45, 2.75) is 40.7 Å². The number of hydrogen-bond donors (Lipinski definition) is 2. The van der Waals surface area contributed by atoms with Gasteiger partial charge >= 0.3 is 6.09 Å². The van der Waals surface area contributed by atoms with Gasteiger partial charge in [0, 0.05) is 24.5 Å². The van der Waals surface area contributed by atoms with Gasteiger partial charge < -0.3 is 15.4 Å². The number of hydrogen-bond acceptors (Lipinski definition) is 5. The van der Waals surface area contributed by atoms with Crippen molar-refractivity contribution < 1.29 is 9.53 Å². The highest BCUT2D eigenvalue weighted by atomic mass is 16.5. The van der Waals surface area contributed by atoms with Crippen LogP contribution >= 0.6 is 0 Å². The Hall–Kier alpha value is -1.85. The Morgan fingerprint density at radius 1 is 1.45 bits per heavy atom. The predicted molar refractivity (Wildman–Crippen MR) is 78.7 cm³/mol. The van der Waals surface area contributed by atoms with Gasteiger partial charge in [-0.15, -0.1) is 0 Å². The number of carbonyl (C=O) groups is 1. The van der Waals surface area contributed by atoms with Gasteiger partial charge in [0.05, 0.1) is 6.61 Å². The zero-order chi connectivity index (χ0) is 15.2. The highest BCUT2D eigenvalue weighted by Crippen LogP contribution is 2.12. The van der Waals surface area contributed by atoms with E-state index in [1.54, 1.807) is 6.20 Å². The summed E-state index contributed by atoms with van der Waals surface area (Å²) in [5.41, 5.74) is 0.863. The summed E-state index contributed by atoms with van der Waals surface area (Å²) in [5.74, 6) is 0.557. The number of nitrogens with one attached hydrogen (secondary N) is 2. The zero-order valence-electron chi connectivity index (χ0n) is 12.9. The van der Waals surface area contributed by atoms with Crippen molar-refractivity contribution in [3.05, 3.63) is 18.0 Å². The molecule has 0 aliphatic rings. The maximum atomic E-state index is 11.6. The van der Waals surface area contributed by atoms with Crippen molar-refractivity contribution in [3.63, 3.8) is 0 Å². The van der Waals surface area contributed by atoms with Crippen LogP contribution in [0, 0.1) is 12.3 Å². The van der Waals surface area contributed by atoms with Crippen molar-refractivity contribution >= 4 is 12.0 Å². The fourth-order valence-corrected chi connectivity index (χ4v) is 1.35. The molecule has 0 unspecified atom stereocenters. The Morgan fingerprint density at radius 2 is 2.15 bits per heavy atom. The number of ether oxygens (including phenoxy) is 1. The lowest BCUT2D eigenvalue weighted by molar-refractivity contribution is 0.104. The molecule has 0 aliphatic heterocycles. The number of aromatic nitrogens is 2. The second-order valence-corrected chi connectivity index (χ2v) is 6.08. The molecular formula is C14H24N4O2. The summed E-state index contributed by atoms with van der Waals surface area (Å²) < 4.78 is 5.14. The minimum Gasteiger partial charge on any atom is -0.449 e. The van der Waals surface area contributed by atoms with Gasteiger partial charge in [0.2, 0.25) is 5.95 Å². The van der Waals surface area contributed by atoms with Gasteiger partial charge in [-0.1, -0.05) is 20.8 Å². The molecule has 0 aromatic carbocycles. The Balaban J connectivity index is 2.29. The minimum absolute atomic E-state index is 0.0335. The molecule has 1 heterocycles. The molecule has 0 radical (unpaired) electrons. The average Bonchev–Trinajstić information content (AvgIpc) is 2.33. The molecule has 0 aliphatic carbocycles. The van der Waals surface area contributed by atoms with Crippen molar-refractivity contribution in [3.8, 4) is 0 Å². The number of anilines is 1. The Kier molecular flexibility index (Phi) is 5.73. The molecule has 1 aromatic rings. The molecule has 0 fully saturated rings. The molecule has 6 heteroatoms. The fourth-order valence-electron chi connectivity index (χ4n) is 1.35. The Morgan fingerprint density at radius 3 is 2.75 bits per heavy atom. The first-order valence-electron chi connectivity index (χ1n) is 6.73. The molecule has 1 atom stereocenters. The van der Waals surface area contributed by atoms with Crippen molar-refractivity contribution in [1.29, 1.82) is 0 Å². The van der Waals surface area contributed by atoms with Crippen LogP contribution in [0.25, 0.3) is 0 Å². The molecule has 0 saturated heterocycles. The van der Waals surface area contributed by atoms with Gasteiger partial charge in [-0.25, -0.2) is 14.8 Å². The quantitative estimate of drug-likeness (QED) is 0.866. The van der Waals surface area contributed by atoms with Crippen LogP contribution in [0.4, 0.5) is 10.7 Å². The van der Waals surface area contributed by atoms with E-state index in [4.69, 9.17) is 4.74 Å². The smallest absolute Gasteiger partial charge is 0.407 e. The van der Waals surface area contributed by atoms with Crippen LogP contribution in [0.15, 0.2) is 12.3 Å². The normalized spacial score (nSPS) is 12.7. The number of carbonyl (C=O) groups excluding carboxylic acids is 1. The fraction of sp³-hybridized carbons (Fsp3) is 0.643. The highest BCUT2D eigenvalue weighted by molar-refractivity contribution is 5.67. The van der Waals surface area contributed by atoms with E-state index in [0.29, 0.717) is 19.1 Å². The van der Waals surface area contributed by atoms with E-state index in [1.165, 1.54) is 0 Å². The maximum absolute atomic E-state index is 11.6. The highest BCUT2D eigenvalue weighted by Gasteiger charge is 2.15. The van der Waals surface area contributed by atoms with Gasteiger partial charge in [0.1, 0.15) is 0 Å². The summed E-state index contributed by atoms with van der Waals surface area (Å²) in [4.78, 5) is 19.9. The van der Waals surface area contributed by atoms with E-state index in [2.05, 4.69) is 20.6 Å². The van der Waals surface area contributed by atoms with Crippen LogP contribution in [-0.2, 0) is 4.74 Å². The van der Waals surface area contributed by atoms with Gasteiger partial charge in [0.25, 0.3) is 0 Å².